The average molecular weight is 960 g/mol. The van der Waals surface area contributed by atoms with Gasteiger partial charge in [-0.3, -0.25) is 38.4 Å². The number of aromatic hydroxyl groups is 1. The van der Waals surface area contributed by atoms with Crippen LogP contribution in [0.25, 0.3) is 11.1 Å². The van der Waals surface area contributed by atoms with Crippen molar-refractivity contribution in [3.8, 4) is 22.6 Å². The number of methoxy groups -OCH3 is 1. The molecule has 3 aliphatic heterocycles. The van der Waals surface area contributed by atoms with E-state index in [1.54, 1.807) is 24.3 Å². The number of fused-ring (bicyclic) bond motifs is 2. The Kier molecular flexibility index (Phi) is 16.7. The number of hydrogen-bond donors (Lipinski definition) is 11. The Morgan fingerprint density at radius 1 is 0.783 bits per heavy atom. The fourth-order valence-electron chi connectivity index (χ4n) is 8.54. The van der Waals surface area contributed by atoms with Crippen LogP contribution >= 0.6 is 0 Å². The van der Waals surface area contributed by atoms with Crippen molar-refractivity contribution >= 4 is 47.1 Å². The maximum atomic E-state index is 14.3. The first-order chi connectivity index (χ1) is 32.8. The lowest BCUT2D eigenvalue weighted by atomic mass is 10.00. The van der Waals surface area contributed by atoms with Gasteiger partial charge in [-0.15, -0.1) is 0 Å². The van der Waals surface area contributed by atoms with Crippen molar-refractivity contribution in [3.63, 3.8) is 0 Å². The van der Waals surface area contributed by atoms with Crippen molar-refractivity contribution in [2.75, 3.05) is 33.4 Å². The zero-order valence-electron chi connectivity index (χ0n) is 38.0. The smallest absolute Gasteiger partial charge is 0.251 e. The average Bonchev–Trinajstić information content (AvgIpc) is 3.88. The molecular formula is C47H57N7O15. The van der Waals surface area contributed by atoms with E-state index in [1.165, 1.54) is 50.4 Å². The largest absolute Gasteiger partial charge is 0.508 e. The van der Waals surface area contributed by atoms with Crippen molar-refractivity contribution in [1.82, 2.24) is 36.4 Å². The van der Waals surface area contributed by atoms with E-state index in [1.807, 2.05) is 12.1 Å². The highest BCUT2D eigenvalue weighted by molar-refractivity contribution is 6.02. The van der Waals surface area contributed by atoms with Crippen LogP contribution in [0, 0.1) is 5.92 Å². The van der Waals surface area contributed by atoms with Crippen molar-refractivity contribution in [3.05, 3.63) is 83.9 Å². The van der Waals surface area contributed by atoms with E-state index >= 15 is 0 Å². The van der Waals surface area contributed by atoms with Gasteiger partial charge in [0.1, 0.15) is 47.8 Å². The number of Topliss-reactive ketones (excluding diaryl/α,β-unsaturated/α-hetero) is 1. The summed E-state index contributed by atoms with van der Waals surface area (Å²) < 4.78 is 5.21. The van der Waals surface area contributed by atoms with Crippen molar-refractivity contribution in [2.24, 2.45) is 5.92 Å². The minimum atomic E-state index is -1.93. The van der Waals surface area contributed by atoms with E-state index in [9.17, 15) is 69.0 Å². The number of aliphatic hydroxyl groups is 5. The summed E-state index contributed by atoms with van der Waals surface area (Å²) in [7, 11) is 1.53. The fourth-order valence-corrected chi connectivity index (χ4v) is 8.54. The van der Waals surface area contributed by atoms with E-state index in [2.05, 4.69) is 26.6 Å². The van der Waals surface area contributed by atoms with Crippen LogP contribution in [0.15, 0.2) is 72.8 Å². The Morgan fingerprint density at radius 2 is 1.41 bits per heavy atom. The highest BCUT2D eigenvalue weighted by Crippen LogP contribution is 2.27. The van der Waals surface area contributed by atoms with Crippen molar-refractivity contribution in [2.45, 2.75) is 93.8 Å². The molecule has 11 N–H and O–H groups in total. The summed E-state index contributed by atoms with van der Waals surface area (Å²) >= 11 is 0. The molecule has 0 bridgehead atoms. The minimum Gasteiger partial charge on any atom is -0.508 e. The number of rotatable bonds is 9. The summed E-state index contributed by atoms with van der Waals surface area (Å²) in [6, 6.07) is 8.22. The van der Waals surface area contributed by atoms with Gasteiger partial charge in [0, 0.05) is 43.8 Å². The van der Waals surface area contributed by atoms with Crippen LogP contribution in [0.5, 0.6) is 11.5 Å². The number of carbonyl (C=O) groups excluding carboxylic acids is 8. The summed E-state index contributed by atoms with van der Waals surface area (Å²) in [5, 5.41) is 76.4. The summed E-state index contributed by atoms with van der Waals surface area (Å²) in [5.41, 5.74) is 1.97. The van der Waals surface area contributed by atoms with Gasteiger partial charge >= 0.3 is 0 Å². The van der Waals surface area contributed by atoms with Gasteiger partial charge in [0.2, 0.25) is 35.4 Å². The molecule has 3 saturated heterocycles. The number of amides is 7. The second-order valence-corrected chi connectivity index (χ2v) is 17.5. The number of phenols is 1. The van der Waals surface area contributed by atoms with Crippen LogP contribution in [0.1, 0.15) is 42.6 Å². The van der Waals surface area contributed by atoms with Gasteiger partial charge in [0.05, 0.1) is 44.7 Å². The van der Waals surface area contributed by atoms with Gasteiger partial charge in [0.25, 0.3) is 5.91 Å². The molecule has 22 heteroatoms. The van der Waals surface area contributed by atoms with Gasteiger partial charge in [-0.2, -0.15) is 0 Å². The zero-order valence-corrected chi connectivity index (χ0v) is 38.0. The van der Waals surface area contributed by atoms with Crippen LogP contribution < -0.4 is 31.3 Å². The molecule has 3 fully saturated rings. The summed E-state index contributed by atoms with van der Waals surface area (Å²) in [4.78, 5) is 114. The number of nitrogens with one attached hydrogen (secondary N) is 5. The van der Waals surface area contributed by atoms with Crippen LogP contribution in [-0.4, -0.2) is 182 Å². The third-order valence-corrected chi connectivity index (χ3v) is 12.4. The summed E-state index contributed by atoms with van der Waals surface area (Å²) in [6.07, 6.45) is -7.86. The van der Waals surface area contributed by atoms with Crippen LogP contribution in [-0.2, 0) is 40.0 Å². The number of benzene rings is 3. The molecule has 0 saturated carbocycles. The quantitative estimate of drug-likeness (QED) is 0.101. The highest BCUT2D eigenvalue weighted by atomic mass is 16.5. The van der Waals surface area contributed by atoms with E-state index in [0.29, 0.717) is 11.3 Å². The van der Waals surface area contributed by atoms with Crippen LogP contribution in [0.2, 0.25) is 0 Å². The van der Waals surface area contributed by atoms with Gasteiger partial charge in [-0.05, 0) is 60.0 Å². The number of hydrogen-bond acceptors (Lipinski definition) is 15. The normalized spacial score (nSPS) is 27.4. The first kappa shape index (κ1) is 51.4. The fraction of sp³-hybridized carbons (Fsp3) is 0.447. The summed E-state index contributed by atoms with van der Waals surface area (Å²) in [6.45, 7) is 0.0519. The van der Waals surface area contributed by atoms with Gasteiger partial charge in [-0.1, -0.05) is 43.3 Å². The molecule has 3 aromatic rings. The van der Waals surface area contributed by atoms with Gasteiger partial charge in [-0.25, -0.2) is 0 Å². The molecule has 0 spiro atoms. The lowest BCUT2D eigenvalue weighted by Crippen LogP contribution is -2.63. The minimum absolute atomic E-state index is 0.0565. The maximum Gasteiger partial charge on any atom is 0.251 e. The van der Waals surface area contributed by atoms with E-state index in [4.69, 9.17) is 4.74 Å². The van der Waals surface area contributed by atoms with Crippen molar-refractivity contribution < 1.29 is 73.7 Å². The molecule has 0 aromatic heterocycles. The second kappa shape index (κ2) is 22.4. The number of carbonyl (C=O) groups is 8. The van der Waals surface area contributed by atoms with E-state index in [-0.39, 0.29) is 24.3 Å². The predicted molar refractivity (Wildman–Crippen MR) is 241 cm³/mol. The van der Waals surface area contributed by atoms with Crippen LogP contribution in [0.3, 0.4) is 0 Å². The van der Waals surface area contributed by atoms with E-state index < -0.39 is 146 Å². The Morgan fingerprint density at radius 3 is 2.01 bits per heavy atom. The molecule has 0 radical (unpaired) electrons. The van der Waals surface area contributed by atoms with E-state index in [0.717, 1.165) is 27.9 Å². The zero-order chi connectivity index (χ0) is 50.3. The molecule has 11 atom stereocenters. The maximum absolute atomic E-state index is 14.3. The highest BCUT2D eigenvalue weighted by Gasteiger charge is 2.48. The molecule has 370 valence electrons. The van der Waals surface area contributed by atoms with Gasteiger partial charge in [0.15, 0.2) is 5.78 Å². The summed E-state index contributed by atoms with van der Waals surface area (Å²) in [5.74, 6) is -8.52. The Balaban J connectivity index is 1.34. The molecule has 3 heterocycles. The SMILES string of the molecule is COc1ccc(-c2ccc(C(=O)N[C@H]3CC(=O)CNC(=O)[C@@H]4[C@@H](O)[C@@H](C)CN4C(=O)[C@H](CO)NC(=O)[C@H]([C@H](O)Cc4ccc(O)cc4)NC(=O)[C@@H]4C[C@@H](O)CN4C(=O)[C@H]([C@@H](C)O)NC3=O)cc2)cc1. The van der Waals surface area contributed by atoms with Crippen molar-refractivity contribution in [1.29, 1.82) is 0 Å². The molecule has 3 aliphatic rings. The molecular weight excluding hydrogens is 903 g/mol. The molecule has 0 unspecified atom stereocenters. The molecule has 6 rings (SSSR count). The predicted octanol–water partition coefficient (Wildman–Crippen LogP) is -3.14. The third-order valence-electron chi connectivity index (χ3n) is 12.4. The molecule has 7 amide bonds. The number of ketones is 1. The number of aliphatic hydroxyl groups excluding tert-OH is 5. The topological polar surface area (TPSA) is 334 Å². The molecule has 22 nitrogen and oxygen atoms in total. The first-order valence-corrected chi connectivity index (χ1v) is 22.3. The second-order valence-electron chi connectivity index (χ2n) is 17.5. The monoisotopic (exact) mass is 959 g/mol. The lowest BCUT2D eigenvalue weighted by Gasteiger charge is -2.32. The van der Waals surface area contributed by atoms with Crippen LogP contribution in [0.4, 0.5) is 0 Å². The Bertz CT molecular complexity index is 2380. The Labute approximate surface area is 396 Å². The molecule has 0 aliphatic carbocycles. The number of nitrogens with zero attached hydrogens (tertiary/aromatic N) is 2. The first-order valence-electron chi connectivity index (χ1n) is 22.3. The standard InChI is InChI=1S/C47H57N7O15/c1-23-20-54-39(40(23)61)45(66)48-19-30(58)17-33(49-41(62)28-8-6-26(7-9-28)27-10-14-32(69-3)15-11-27)42(63)51-37(24(2)56)47(68)53-21-31(59)18-35(53)43(64)52-38(44(65)50-34(22-55)46(54)67)36(60)16-25-4-12-29(57)13-5-25/h4-15,23-24,31,33-40,55-57,59-61H,16-22H2,1-3H3,(H,48,66)(H,49,62)(H,50,65)(H,51,63)(H,52,64)/t23-,24+,31+,33-,34-,35-,36+,37-,38-,39-,40-/m0/s1. The lowest BCUT2D eigenvalue weighted by molar-refractivity contribution is -0.146. The number of phenolic OH excluding ortho intramolecular Hbond substituents is 1. The molecule has 3 aromatic carbocycles. The Hall–Kier alpha value is -6.98. The number of ether oxygens (including phenoxy) is 1. The molecule has 69 heavy (non-hydrogen) atoms. The third kappa shape index (κ3) is 12.2. The van der Waals surface area contributed by atoms with Gasteiger partial charge < -0.3 is 71.8 Å².